The van der Waals surface area contributed by atoms with Crippen molar-refractivity contribution in [2.75, 3.05) is 24.5 Å². The first kappa shape index (κ1) is 25.0. The van der Waals surface area contributed by atoms with Gasteiger partial charge < -0.3 is 9.80 Å². The van der Waals surface area contributed by atoms with Gasteiger partial charge in [-0.3, -0.25) is 19.6 Å². The Morgan fingerprint density at radius 3 is 2.74 bits per heavy atom. The quantitative estimate of drug-likeness (QED) is 0.397. The third-order valence-electron chi connectivity index (χ3n) is 7.33. The van der Waals surface area contributed by atoms with Crippen molar-refractivity contribution in [1.29, 1.82) is 0 Å². The van der Waals surface area contributed by atoms with Crippen LogP contribution < -0.4 is 10.5 Å². The lowest BCUT2D eigenvalue weighted by atomic mass is 10.0. The molecule has 1 fully saturated rings. The van der Waals surface area contributed by atoms with Gasteiger partial charge in [0.1, 0.15) is 5.69 Å². The molecule has 0 aromatic carbocycles. The minimum absolute atomic E-state index is 0.0541. The van der Waals surface area contributed by atoms with Crippen LogP contribution in [-0.2, 0) is 19.1 Å². The number of amides is 1. The minimum atomic E-state index is -4.48. The second kappa shape index (κ2) is 9.44. The molecule has 1 atom stereocenters. The summed E-state index contributed by atoms with van der Waals surface area (Å²) >= 11 is 0. The van der Waals surface area contributed by atoms with Gasteiger partial charge in [-0.05, 0) is 48.2 Å². The fraction of sp³-hybridized carbons (Fsp3) is 0.333. The number of likely N-dealkylation sites (tertiary alicyclic amines) is 1. The molecule has 2 aliphatic rings. The molecule has 4 aromatic heterocycles. The summed E-state index contributed by atoms with van der Waals surface area (Å²) in [5.41, 5.74) is 1.82. The van der Waals surface area contributed by atoms with Gasteiger partial charge in [0.2, 0.25) is 0 Å². The third kappa shape index (κ3) is 4.70. The van der Waals surface area contributed by atoms with E-state index in [-0.39, 0.29) is 29.7 Å². The summed E-state index contributed by atoms with van der Waals surface area (Å²) in [5.74, 6) is 0.323. The normalized spacial score (nSPS) is 17.5. The largest absolute Gasteiger partial charge is 0.417 e. The predicted octanol–water partition coefficient (Wildman–Crippen LogP) is 3.40. The molecule has 1 unspecified atom stereocenters. The van der Waals surface area contributed by atoms with Gasteiger partial charge in [0, 0.05) is 68.9 Å². The number of alkyl halides is 3. The lowest BCUT2D eigenvalue weighted by Crippen LogP contribution is -2.34. The SMILES string of the molecule is Cc1cc2nc(C(=O)N3CCC(c4cccnc4)C3)cc(=O)n2nc1N1CCc2ncc(C(F)(F)F)cc2C1. The maximum Gasteiger partial charge on any atom is 0.417 e. The summed E-state index contributed by atoms with van der Waals surface area (Å²) in [6, 6.07) is 7.83. The average molecular weight is 536 g/mol. The molecule has 0 radical (unpaired) electrons. The molecule has 1 saturated heterocycles. The maximum absolute atomic E-state index is 13.2. The fourth-order valence-electron chi connectivity index (χ4n) is 5.30. The highest BCUT2D eigenvalue weighted by Gasteiger charge is 2.33. The van der Waals surface area contributed by atoms with Gasteiger partial charge in [0.15, 0.2) is 11.5 Å². The van der Waals surface area contributed by atoms with Gasteiger partial charge in [-0.1, -0.05) is 6.07 Å². The number of hydrogen-bond donors (Lipinski definition) is 0. The Kier molecular flexibility index (Phi) is 6.04. The van der Waals surface area contributed by atoms with Gasteiger partial charge >= 0.3 is 6.18 Å². The molecular formula is C27H24F3N7O2. The van der Waals surface area contributed by atoms with E-state index in [4.69, 9.17) is 0 Å². The fourth-order valence-corrected chi connectivity index (χ4v) is 5.30. The molecule has 0 aliphatic carbocycles. The van der Waals surface area contributed by atoms with E-state index in [1.54, 1.807) is 30.3 Å². The molecule has 200 valence electrons. The van der Waals surface area contributed by atoms with E-state index in [1.165, 1.54) is 6.07 Å². The van der Waals surface area contributed by atoms with Crippen LogP contribution in [0.15, 0.2) is 53.7 Å². The van der Waals surface area contributed by atoms with Crippen LogP contribution in [0.4, 0.5) is 19.0 Å². The number of aromatic nitrogens is 5. The van der Waals surface area contributed by atoms with Crippen molar-refractivity contribution in [3.05, 3.63) is 92.9 Å². The Morgan fingerprint density at radius 2 is 1.97 bits per heavy atom. The number of fused-ring (bicyclic) bond motifs is 2. The second-order valence-electron chi connectivity index (χ2n) is 9.92. The van der Waals surface area contributed by atoms with E-state index in [0.717, 1.165) is 28.8 Å². The Balaban J connectivity index is 1.26. The zero-order valence-electron chi connectivity index (χ0n) is 21.0. The lowest BCUT2D eigenvalue weighted by Gasteiger charge is -2.30. The summed E-state index contributed by atoms with van der Waals surface area (Å²) < 4.78 is 40.7. The minimum Gasteiger partial charge on any atom is -0.350 e. The monoisotopic (exact) mass is 535 g/mol. The second-order valence-corrected chi connectivity index (χ2v) is 9.92. The van der Waals surface area contributed by atoms with Crippen LogP contribution in [0, 0.1) is 6.92 Å². The van der Waals surface area contributed by atoms with Crippen molar-refractivity contribution in [2.45, 2.75) is 38.4 Å². The highest BCUT2D eigenvalue weighted by Crippen LogP contribution is 2.32. The Bertz CT molecular complexity index is 1640. The van der Waals surface area contributed by atoms with Gasteiger partial charge in [-0.2, -0.15) is 17.7 Å². The number of halogens is 3. The van der Waals surface area contributed by atoms with Crippen LogP contribution in [0.1, 0.15) is 50.8 Å². The molecule has 6 heterocycles. The predicted molar refractivity (Wildman–Crippen MR) is 135 cm³/mol. The number of rotatable bonds is 3. The van der Waals surface area contributed by atoms with E-state index in [1.807, 2.05) is 17.0 Å². The molecule has 39 heavy (non-hydrogen) atoms. The summed E-state index contributed by atoms with van der Waals surface area (Å²) in [5, 5.41) is 4.48. The van der Waals surface area contributed by atoms with Crippen molar-refractivity contribution in [1.82, 2.24) is 29.5 Å². The summed E-state index contributed by atoms with van der Waals surface area (Å²) in [6.45, 7) is 3.52. The summed E-state index contributed by atoms with van der Waals surface area (Å²) in [6.07, 6.45) is 1.14. The number of hydrogen-bond acceptors (Lipinski definition) is 7. The Hall–Kier alpha value is -4.35. The van der Waals surface area contributed by atoms with Gasteiger partial charge in [-0.15, -0.1) is 5.10 Å². The van der Waals surface area contributed by atoms with E-state index in [9.17, 15) is 22.8 Å². The molecule has 0 N–H and O–H groups in total. The highest BCUT2D eigenvalue weighted by atomic mass is 19.4. The molecule has 2 aliphatic heterocycles. The van der Waals surface area contributed by atoms with Crippen molar-refractivity contribution >= 4 is 17.4 Å². The van der Waals surface area contributed by atoms with E-state index in [0.29, 0.717) is 48.7 Å². The molecule has 0 spiro atoms. The molecule has 0 saturated carbocycles. The van der Waals surface area contributed by atoms with Gasteiger partial charge in [0.05, 0.1) is 5.56 Å². The summed E-state index contributed by atoms with van der Waals surface area (Å²) in [4.78, 5) is 42.4. The molecule has 6 rings (SSSR count). The van der Waals surface area contributed by atoms with Crippen LogP contribution in [0.3, 0.4) is 0 Å². The smallest absolute Gasteiger partial charge is 0.350 e. The molecule has 12 heteroatoms. The average Bonchev–Trinajstić information content (AvgIpc) is 3.42. The van der Waals surface area contributed by atoms with Gasteiger partial charge in [-0.25, -0.2) is 4.98 Å². The molecule has 9 nitrogen and oxygen atoms in total. The van der Waals surface area contributed by atoms with Crippen molar-refractivity contribution in [3.8, 4) is 0 Å². The molecule has 0 bridgehead atoms. The number of pyridine rings is 2. The standard InChI is InChI=1S/C27H24F3N7O2/c1-16-9-23-33-22(26(39)36-7-4-18(14-36)17-3-2-6-31-12-17)11-24(38)37(23)34-25(16)35-8-5-21-19(15-35)10-20(13-32-21)27(28,29)30/h2-3,6,9-13,18H,4-5,7-8,14-15H2,1H3. The number of nitrogens with zero attached hydrogens (tertiary/aromatic N) is 7. The highest BCUT2D eigenvalue weighted by molar-refractivity contribution is 5.93. The van der Waals surface area contributed by atoms with Crippen molar-refractivity contribution in [2.24, 2.45) is 0 Å². The maximum atomic E-state index is 13.2. The van der Waals surface area contributed by atoms with Crippen LogP contribution in [-0.4, -0.2) is 55.0 Å². The van der Waals surface area contributed by atoms with Crippen molar-refractivity contribution in [3.63, 3.8) is 0 Å². The van der Waals surface area contributed by atoms with E-state index < -0.39 is 17.3 Å². The number of aryl methyl sites for hydroxylation is 1. The first-order valence-electron chi connectivity index (χ1n) is 12.6. The van der Waals surface area contributed by atoms with Crippen LogP contribution in [0.2, 0.25) is 0 Å². The molecule has 4 aromatic rings. The molecular weight excluding hydrogens is 511 g/mol. The first-order valence-corrected chi connectivity index (χ1v) is 12.6. The molecule has 1 amide bonds. The van der Waals surface area contributed by atoms with Crippen molar-refractivity contribution < 1.29 is 18.0 Å². The lowest BCUT2D eigenvalue weighted by molar-refractivity contribution is -0.137. The van der Waals surface area contributed by atoms with E-state index >= 15 is 0 Å². The van der Waals surface area contributed by atoms with Crippen LogP contribution in [0.5, 0.6) is 0 Å². The van der Waals surface area contributed by atoms with E-state index in [2.05, 4.69) is 20.1 Å². The number of carbonyl (C=O) groups excluding carboxylic acids is 1. The zero-order chi connectivity index (χ0) is 27.3. The van der Waals surface area contributed by atoms with Crippen LogP contribution in [0.25, 0.3) is 5.65 Å². The first-order chi connectivity index (χ1) is 18.7. The number of anilines is 1. The number of carbonyl (C=O) groups is 1. The zero-order valence-corrected chi connectivity index (χ0v) is 21.0. The Labute approximate surface area is 220 Å². The van der Waals surface area contributed by atoms with Crippen LogP contribution >= 0.6 is 0 Å². The summed E-state index contributed by atoms with van der Waals surface area (Å²) in [7, 11) is 0. The Morgan fingerprint density at radius 1 is 1.13 bits per heavy atom. The topological polar surface area (TPSA) is 96.6 Å². The third-order valence-corrected chi connectivity index (χ3v) is 7.33. The van der Waals surface area contributed by atoms with Gasteiger partial charge in [0.25, 0.3) is 11.5 Å².